The SMILES string of the molecule is C=C/C=C(\N)c1ccc2c(c1)CC(C(=O)C(N)=O)C2.CC.c1cc2c(cc1CCCN1CCCC1)OCCO2. The predicted octanol–water partition coefficient (Wildman–Crippen LogP) is 4.45. The first kappa shape index (κ1) is 30.0. The fourth-order valence-corrected chi connectivity index (χ4v) is 5.16. The summed E-state index contributed by atoms with van der Waals surface area (Å²) in [6.45, 7) is 12.8. The lowest BCUT2D eigenvalue weighted by Gasteiger charge is -2.19. The highest BCUT2D eigenvalue weighted by molar-refractivity contribution is 6.36. The number of ketones is 1. The molecule has 2 heterocycles. The molecular weight excluding hydrogens is 490 g/mol. The minimum absolute atomic E-state index is 0.327. The molecule has 1 amide bonds. The molecular formula is C32H43N3O4. The molecule has 1 aliphatic carbocycles. The second kappa shape index (κ2) is 15.1. The number of hydrogen-bond donors (Lipinski definition) is 2. The van der Waals surface area contributed by atoms with E-state index in [2.05, 4.69) is 23.6 Å². The van der Waals surface area contributed by atoms with Crippen LogP contribution >= 0.6 is 0 Å². The quantitative estimate of drug-likeness (QED) is 0.383. The Labute approximate surface area is 232 Å². The van der Waals surface area contributed by atoms with Crippen molar-refractivity contribution in [3.8, 4) is 11.5 Å². The summed E-state index contributed by atoms with van der Waals surface area (Å²) in [7, 11) is 0. The number of fused-ring (bicyclic) bond motifs is 2. The second-order valence-corrected chi connectivity index (χ2v) is 9.81. The molecule has 5 rings (SSSR count). The van der Waals surface area contributed by atoms with Gasteiger partial charge in [0.15, 0.2) is 11.5 Å². The number of amides is 1. The summed E-state index contributed by atoms with van der Waals surface area (Å²) in [4.78, 5) is 25.1. The zero-order valence-corrected chi connectivity index (χ0v) is 23.4. The lowest BCUT2D eigenvalue weighted by atomic mass is 10.0. The van der Waals surface area contributed by atoms with Crippen molar-refractivity contribution in [1.29, 1.82) is 0 Å². The van der Waals surface area contributed by atoms with E-state index in [1.807, 2.05) is 38.1 Å². The maximum absolute atomic E-state index is 11.6. The topological polar surface area (TPSA) is 108 Å². The van der Waals surface area contributed by atoms with Crippen LogP contribution in [-0.2, 0) is 28.9 Å². The van der Waals surface area contributed by atoms with Gasteiger partial charge >= 0.3 is 0 Å². The standard InChI is InChI=1S/C15H16N2O2.C15H21NO2.C2H6/c1-2-3-13(16)10-5-4-9-6-12(8-11(9)7-10)14(18)15(17)19;1-2-8-16(7-1)9-3-4-13-5-6-14-15(12-13)18-11-10-17-14;1-2/h2-5,7,12H,1,6,8,16H2,(H2,17,19);5-6,12H,1-4,7-11H2;1-2H3/b13-3-;;. The molecule has 1 saturated heterocycles. The van der Waals surface area contributed by atoms with Crippen LogP contribution in [0.5, 0.6) is 11.5 Å². The Kier molecular flexibility index (Phi) is 11.6. The van der Waals surface area contributed by atoms with Crippen molar-refractivity contribution in [3.05, 3.63) is 77.4 Å². The number of likely N-dealkylation sites (tertiary alicyclic amines) is 1. The summed E-state index contributed by atoms with van der Waals surface area (Å²) >= 11 is 0. The maximum Gasteiger partial charge on any atom is 0.285 e. The first-order chi connectivity index (χ1) is 18.9. The third kappa shape index (κ3) is 8.45. The molecule has 1 atom stereocenters. The molecule has 0 spiro atoms. The first-order valence-corrected chi connectivity index (χ1v) is 14.1. The second-order valence-electron chi connectivity index (χ2n) is 9.81. The molecule has 7 heteroatoms. The van der Waals surface area contributed by atoms with Gasteiger partial charge in [-0.05, 0) is 105 Å². The predicted molar refractivity (Wildman–Crippen MR) is 157 cm³/mol. The lowest BCUT2D eigenvalue weighted by molar-refractivity contribution is -0.138. The van der Waals surface area contributed by atoms with Gasteiger partial charge in [-0.15, -0.1) is 0 Å². The number of aryl methyl sites for hydroxylation is 1. The Morgan fingerprint density at radius 2 is 1.67 bits per heavy atom. The number of ether oxygens (including phenoxy) is 2. The van der Waals surface area contributed by atoms with Crippen molar-refractivity contribution < 1.29 is 19.1 Å². The van der Waals surface area contributed by atoms with Gasteiger partial charge in [-0.25, -0.2) is 0 Å². The van der Waals surface area contributed by atoms with Crippen molar-refractivity contribution in [2.24, 2.45) is 17.4 Å². The van der Waals surface area contributed by atoms with E-state index < -0.39 is 11.7 Å². The molecule has 0 aromatic heterocycles. The zero-order valence-electron chi connectivity index (χ0n) is 23.4. The molecule has 1 unspecified atom stereocenters. The molecule has 0 bridgehead atoms. The van der Waals surface area contributed by atoms with Gasteiger partial charge in [-0.2, -0.15) is 0 Å². The number of allylic oxidation sites excluding steroid dienone is 2. The number of benzene rings is 2. The van der Waals surface area contributed by atoms with Gasteiger partial charge in [0.2, 0.25) is 5.78 Å². The minimum atomic E-state index is -0.857. The first-order valence-electron chi connectivity index (χ1n) is 14.1. The summed E-state index contributed by atoms with van der Waals surface area (Å²) in [5, 5.41) is 0. The van der Waals surface area contributed by atoms with E-state index in [0.717, 1.165) is 34.6 Å². The van der Waals surface area contributed by atoms with Crippen LogP contribution in [0.2, 0.25) is 0 Å². The van der Waals surface area contributed by atoms with Gasteiger partial charge < -0.3 is 25.8 Å². The molecule has 0 saturated carbocycles. The van der Waals surface area contributed by atoms with Gasteiger partial charge in [0, 0.05) is 11.6 Å². The maximum atomic E-state index is 11.6. The highest BCUT2D eigenvalue weighted by Crippen LogP contribution is 2.31. The zero-order chi connectivity index (χ0) is 28.2. The largest absolute Gasteiger partial charge is 0.486 e. The molecule has 3 aliphatic rings. The van der Waals surface area contributed by atoms with Crippen LogP contribution in [0.15, 0.2) is 55.1 Å². The Morgan fingerprint density at radius 3 is 2.36 bits per heavy atom. The molecule has 7 nitrogen and oxygen atoms in total. The molecule has 4 N–H and O–H groups in total. The van der Waals surface area contributed by atoms with E-state index in [9.17, 15) is 9.59 Å². The fraction of sp³-hybridized carbons (Fsp3) is 0.438. The number of carbonyl (C=O) groups is 2. The summed E-state index contributed by atoms with van der Waals surface area (Å²) in [5.74, 6) is 0.133. The number of primary amides is 1. The summed E-state index contributed by atoms with van der Waals surface area (Å²) in [6, 6.07) is 12.2. The third-order valence-corrected chi connectivity index (χ3v) is 7.13. The molecule has 2 aliphatic heterocycles. The lowest BCUT2D eigenvalue weighted by Crippen LogP contribution is -2.30. The van der Waals surface area contributed by atoms with Crippen LogP contribution in [0.4, 0.5) is 0 Å². The average Bonchev–Trinajstić information content (AvgIpc) is 3.64. The van der Waals surface area contributed by atoms with E-state index in [1.165, 1.54) is 44.5 Å². The third-order valence-electron chi connectivity index (χ3n) is 7.13. The average molecular weight is 534 g/mol. The molecule has 210 valence electrons. The van der Waals surface area contributed by atoms with Gasteiger partial charge in [-0.3, -0.25) is 9.59 Å². The molecule has 1 fully saturated rings. The number of rotatable bonds is 8. The van der Waals surface area contributed by atoms with E-state index in [4.69, 9.17) is 20.9 Å². The molecule has 2 aromatic rings. The number of Topliss-reactive ketones (excluding diaryl/α,β-unsaturated/α-hetero) is 1. The van der Waals surface area contributed by atoms with E-state index in [-0.39, 0.29) is 5.92 Å². The summed E-state index contributed by atoms with van der Waals surface area (Å²) in [5.41, 5.74) is 15.9. The van der Waals surface area contributed by atoms with Crippen LogP contribution in [0, 0.1) is 5.92 Å². The van der Waals surface area contributed by atoms with Crippen molar-refractivity contribution in [3.63, 3.8) is 0 Å². The fourth-order valence-electron chi connectivity index (χ4n) is 5.16. The molecule has 2 aromatic carbocycles. The van der Waals surface area contributed by atoms with E-state index >= 15 is 0 Å². The number of nitrogens with two attached hydrogens (primary N) is 2. The van der Waals surface area contributed by atoms with Crippen LogP contribution in [0.25, 0.3) is 5.70 Å². The van der Waals surface area contributed by atoms with Gasteiger partial charge in [-0.1, -0.05) is 44.7 Å². The number of hydrogen-bond acceptors (Lipinski definition) is 6. The molecule has 0 radical (unpaired) electrons. The highest BCUT2D eigenvalue weighted by Gasteiger charge is 2.30. The normalized spacial score (nSPS) is 17.7. The minimum Gasteiger partial charge on any atom is -0.486 e. The highest BCUT2D eigenvalue weighted by atomic mass is 16.6. The smallest absolute Gasteiger partial charge is 0.285 e. The van der Waals surface area contributed by atoms with Crippen LogP contribution in [0.1, 0.15) is 55.4 Å². The Bertz CT molecular complexity index is 1170. The van der Waals surface area contributed by atoms with Gasteiger partial charge in [0.05, 0.1) is 0 Å². The number of nitrogens with zero attached hydrogens (tertiary/aromatic N) is 1. The van der Waals surface area contributed by atoms with Crippen molar-refractivity contribution in [1.82, 2.24) is 4.90 Å². The van der Waals surface area contributed by atoms with Crippen molar-refractivity contribution in [2.45, 2.75) is 52.4 Å². The van der Waals surface area contributed by atoms with Gasteiger partial charge in [0.25, 0.3) is 5.91 Å². The summed E-state index contributed by atoms with van der Waals surface area (Å²) in [6.07, 6.45) is 9.60. The van der Waals surface area contributed by atoms with E-state index in [0.29, 0.717) is 31.8 Å². The van der Waals surface area contributed by atoms with Crippen molar-refractivity contribution >= 4 is 17.4 Å². The summed E-state index contributed by atoms with van der Waals surface area (Å²) < 4.78 is 11.1. The molecule has 39 heavy (non-hydrogen) atoms. The van der Waals surface area contributed by atoms with Crippen LogP contribution in [0.3, 0.4) is 0 Å². The van der Waals surface area contributed by atoms with E-state index in [1.54, 1.807) is 12.2 Å². The van der Waals surface area contributed by atoms with Crippen LogP contribution < -0.4 is 20.9 Å². The Morgan fingerprint density at radius 1 is 0.974 bits per heavy atom. The Balaban J connectivity index is 0.000000203. The number of carbonyl (C=O) groups excluding carboxylic acids is 2. The Hall–Kier alpha value is -3.58. The van der Waals surface area contributed by atoms with Crippen molar-refractivity contribution in [2.75, 3.05) is 32.8 Å². The van der Waals surface area contributed by atoms with Gasteiger partial charge in [0.1, 0.15) is 13.2 Å². The van der Waals surface area contributed by atoms with Crippen LogP contribution in [-0.4, -0.2) is 49.4 Å². The monoisotopic (exact) mass is 533 g/mol.